The first-order valence-corrected chi connectivity index (χ1v) is 13.4. The predicted octanol–water partition coefficient (Wildman–Crippen LogP) is 6.76. The number of halogens is 1. The van der Waals surface area contributed by atoms with E-state index in [9.17, 15) is 9.59 Å². The fourth-order valence-corrected chi connectivity index (χ4v) is 5.41. The number of benzene rings is 3. The van der Waals surface area contributed by atoms with Gasteiger partial charge in [-0.25, -0.2) is 4.79 Å². The van der Waals surface area contributed by atoms with Crippen LogP contribution in [0.5, 0.6) is 11.5 Å². The van der Waals surface area contributed by atoms with Gasteiger partial charge in [-0.1, -0.05) is 65.7 Å². The van der Waals surface area contributed by atoms with Crippen LogP contribution in [0.1, 0.15) is 59.3 Å². The predicted molar refractivity (Wildman–Crippen MR) is 151 cm³/mol. The van der Waals surface area contributed by atoms with Crippen LogP contribution in [0.25, 0.3) is 5.70 Å². The number of esters is 1. The fraction of sp³-hybridized carbons (Fsp3) is 0.250. The van der Waals surface area contributed by atoms with Crippen molar-refractivity contribution >= 4 is 29.1 Å². The van der Waals surface area contributed by atoms with E-state index >= 15 is 0 Å². The first-order chi connectivity index (χ1) is 18.8. The van der Waals surface area contributed by atoms with E-state index in [-0.39, 0.29) is 12.4 Å². The summed E-state index contributed by atoms with van der Waals surface area (Å²) in [4.78, 5) is 27.0. The van der Waals surface area contributed by atoms with Gasteiger partial charge in [0.2, 0.25) is 0 Å². The summed E-state index contributed by atoms with van der Waals surface area (Å²) in [5.41, 5.74) is 6.36. The summed E-state index contributed by atoms with van der Waals surface area (Å²) in [5, 5.41) is 3.64. The van der Waals surface area contributed by atoms with Crippen molar-refractivity contribution in [3.05, 3.63) is 110 Å². The molecule has 0 fully saturated rings. The number of allylic oxidation sites excluding steroid dienone is 2. The van der Waals surface area contributed by atoms with Gasteiger partial charge in [-0.15, -0.1) is 0 Å². The Labute approximate surface area is 233 Å². The number of hydrogen-bond acceptors (Lipinski definition) is 6. The number of hydrogen-bond donors (Lipinski definition) is 1. The molecule has 0 amide bonds. The van der Waals surface area contributed by atoms with Gasteiger partial charge in [0, 0.05) is 28.3 Å². The lowest BCUT2D eigenvalue weighted by Crippen LogP contribution is -2.29. The Hall–Kier alpha value is -4.03. The third-order valence-corrected chi connectivity index (χ3v) is 7.19. The van der Waals surface area contributed by atoms with Gasteiger partial charge in [0.05, 0.1) is 29.5 Å². The molecule has 0 saturated heterocycles. The van der Waals surface area contributed by atoms with Crippen LogP contribution in [0.3, 0.4) is 0 Å². The molecule has 39 heavy (non-hydrogen) atoms. The van der Waals surface area contributed by atoms with Crippen LogP contribution < -0.4 is 14.8 Å². The second kappa shape index (κ2) is 11.0. The molecule has 6 nitrogen and oxygen atoms in total. The molecule has 5 rings (SSSR count). The van der Waals surface area contributed by atoms with Crippen LogP contribution in [0.15, 0.2) is 77.5 Å². The van der Waals surface area contributed by atoms with E-state index in [2.05, 4.69) is 5.32 Å². The van der Waals surface area contributed by atoms with E-state index in [0.29, 0.717) is 63.4 Å². The standard InChI is InChI=1S/C32H30ClNO5/c1-5-37-25-16-21(15-24(33)31(25)39-17-20-13-11-18(3)12-14-20)27-26(32(36)38-6-2)19(4)34-29-22-9-7-8-10-23(22)30(35)28(27)29/h7-16,27,34H,5-6,17H2,1-4H3/t27-/m1/s1. The Kier molecular flexibility index (Phi) is 7.49. The summed E-state index contributed by atoms with van der Waals surface area (Å²) < 4.78 is 17.5. The Balaban J connectivity index is 1.61. The van der Waals surface area contributed by atoms with Crippen LogP contribution in [0.4, 0.5) is 0 Å². The van der Waals surface area contributed by atoms with Crippen molar-refractivity contribution in [3.8, 4) is 11.5 Å². The van der Waals surface area contributed by atoms with Gasteiger partial charge >= 0.3 is 5.97 Å². The van der Waals surface area contributed by atoms with E-state index in [1.807, 2.05) is 69.3 Å². The number of ketones is 1. The highest BCUT2D eigenvalue weighted by atomic mass is 35.5. The van der Waals surface area contributed by atoms with Gasteiger partial charge in [-0.05, 0) is 51.0 Å². The molecule has 1 N–H and O–H groups in total. The third kappa shape index (κ3) is 4.92. The number of nitrogens with one attached hydrogen (secondary N) is 1. The van der Waals surface area contributed by atoms with Crippen molar-refractivity contribution in [1.29, 1.82) is 0 Å². The zero-order chi connectivity index (χ0) is 27.7. The molecule has 0 aromatic heterocycles. The SMILES string of the molecule is CCOC(=O)C1=C(C)NC2=C(C(=O)c3ccccc32)[C@@H]1c1cc(Cl)c(OCc2ccc(C)cc2)c(OCC)c1. The number of Topliss-reactive ketones (excluding diaryl/α,β-unsaturated/α-hetero) is 1. The maximum Gasteiger partial charge on any atom is 0.336 e. The number of carbonyl (C=O) groups is 2. The average Bonchev–Trinajstić information content (AvgIpc) is 3.20. The van der Waals surface area contributed by atoms with E-state index in [4.69, 9.17) is 25.8 Å². The highest BCUT2D eigenvalue weighted by molar-refractivity contribution is 6.32. The summed E-state index contributed by atoms with van der Waals surface area (Å²) in [6, 6.07) is 19.0. The van der Waals surface area contributed by atoms with E-state index in [0.717, 1.165) is 16.7 Å². The number of carbonyl (C=O) groups excluding carboxylic acids is 2. The second-order valence-electron chi connectivity index (χ2n) is 9.52. The molecule has 0 radical (unpaired) electrons. The van der Waals surface area contributed by atoms with Gasteiger partial charge in [0.25, 0.3) is 0 Å². The average molecular weight is 544 g/mol. The molecular formula is C32H30ClNO5. The topological polar surface area (TPSA) is 73.9 Å². The first-order valence-electron chi connectivity index (χ1n) is 13.0. The molecule has 3 aromatic carbocycles. The van der Waals surface area contributed by atoms with Crippen LogP contribution in [-0.4, -0.2) is 25.0 Å². The van der Waals surface area contributed by atoms with Crippen molar-refractivity contribution < 1.29 is 23.8 Å². The molecule has 0 unspecified atom stereocenters. The molecular weight excluding hydrogens is 514 g/mol. The molecule has 0 saturated carbocycles. The Morgan fingerprint density at radius 3 is 2.36 bits per heavy atom. The molecule has 7 heteroatoms. The van der Waals surface area contributed by atoms with E-state index < -0.39 is 11.9 Å². The van der Waals surface area contributed by atoms with Gasteiger partial charge < -0.3 is 19.5 Å². The Bertz CT molecular complexity index is 1520. The van der Waals surface area contributed by atoms with Crippen molar-refractivity contribution in [2.45, 2.75) is 40.2 Å². The van der Waals surface area contributed by atoms with Crippen molar-refractivity contribution in [2.24, 2.45) is 0 Å². The molecule has 3 aromatic rings. The summed E-state index contributed by atoms with van der Waals surface area (Å²) in [5.74, 6) is -0.483. The van der Waals surface area contributed by atoms with E-state index in [1.54, 1.807) is 19.1 Å². The summed E-state index contributed by atoms with van der Waals surface area (Å²) in [6.45, 7) is 8.38. The Morgan fingerprint density at radius 1 is 0.949 bits per heavy atom. The quantitative estimate of drug-likeness (QED) is 0.316. The Morgan fingerprint density at radius 2 is 1.67 bits per heavy atom. The smallest absolute Gasteiger partial charge is 0.336 e. The third-order valence-electron chi connectivity index (χ3n) is 6.91. The second-order valence-corrected chi connectivity index (χ2v) is 9.93. The first kappa shape index (κ1) is 26.6. The monoisotopic (exact) mass is 543 g/mol. The number of rotatable bonds is 8. The molecule has 1 atom stereocenters. The molecule has 1 aliphatic carbocycles. The van der Waals surface area contributed by atoms with Gasteiger partial charge in [-0.3, -0.25) is 4.79 Å². The minimum absolute atomic E-state index is 0.138. The highest BCUT2D eigenvalue weighted by Gasteiger charge is 2.43. The molecule has 2 aliphatic rings. The zero-order valence-electron chi connectivity index (χ0n) is 22.4. The van der Waals surface area contributed by atoms with Crippen LogP contribution in [-0.2, 0) is 16.1 Å². The molecule has 200 valence electrons. The number of dihydropyridines is 1. The number of ether oxygens (including phenoxy) is 3. The normalized spacial score (nSPS) is 16.0. The van der Waals surface area contributed by atoms with Gasteiger partial charge in [0.1, 0.15) is 6.61 Å². The minimum Gasteiger partial charge on any atom is -0.490 e. The fourth-order valence-electron chi connectivity index (χ4n) is 5.14. The summed E-state index contributed by atoms with van der Waals surface area (Å²) in [7, 11) is 0. The van der Waals surface area contributed by atoms with Crippen molar-refractivity contribution in [3.63, 3.8) is 0 Å². The number of aryl methyl sites for hydroxylation is 1. The summed E-state index contributed by atoms with van der Waals surface area (Å²) >= 11 is 6.82. The zero-order valence-corrected chi connectivity index (χ0v) is 23.1. The van der Waals surface area contributed by atoms with Gasteiger partial charge in [0.15, 0.2) is 17.3 Å². The molecule has 1 heterocycles. The largest absolute Gasteiger partial charge is 0.490 e. The highest BCUT2D eigenvalue weighted by Crippen LogP contribution is 2.49. The van der Waals surface area contributed by atoms with E-state index in [1.165, 1.54) is 0 Å². The molecule has 0 bridgehead atoms. The van der Waals surface area contributed by atoms with Crippen molar-refractivity contribution in [2.75, 3.05) is 13.2 Å². The van der Waals surface area contributed by atoms with Gasteiger partial charge in [-0.2, -0.15) is 0 Å². The maximum atomic E-state index is 13.7. The lowest BCUT2D eigenvalue weighted by molar-refractivity contribution is -0.138. The minimum atomic E-state index is -0.706. The number of fused-ring (bicyclic) bond motifs is 2. The molecule has 0 spiro atoms. The molecule has 1 aliphatic heterocycles. The van der Waals surface area contributed by atoms with Crippen LogP contribution in [0, 0.1) is 6.92 Å². The van der Waals surface area contributed by atoms with Crippen LogP contribution in [0.2, 0.25) is 5.02 Å². The lowest BCUT2D eigenvalue weighted by Gasteiger charge is -2.30. The van der Waals surface area contributed by atoms with Crippen molar-refractivity contribution in [1.82, 2.24) is 5.32 Å². The van der Waals surface area contributed by atoms with Crippen LogP contribution >= 0.6 is 11.6 Å². The lowest BCUT2D eigenvalue weighted by atomic mass is 9.79. The maximum absolute atomic E-state index is 13.7. The summed E-state index contributed by atoms with van der Waals surface area (Å²) in [6.07, 6.45) is 0.